The zero-order valence-corrected chi connectivity index (χ0v) is 20.9. The normalized spacial score (nSPS) is 19.6. The second-order valence-corrected chi connectivity index (χ2v) is 10.9. The van der Waals surface area contributed by atoms with Gasteiger partial charge < -0.3 is 19.0 Å². The molecule has 13 heteroatoms. The molecular formula is C22H28N4O7S2. The number of amides is 1. The Morgan fingerprint density at radius 1 is 1.17 bits per heavy atom. The lowest BCUT2D eigenvalue weighted by molar-refractivity contribution is -0.110. The summed E-state index contributed by atoms with van der Waals surface area (Å²) in [6, 6.07) is 5.78. The third-order valence-electron chi connectivity index (χ3n) is 5.44. The molecule has 1 atom stereocenters. The molecule has 0 radical (unpaired) electrons. The molecular weight excluding hydrogens is 496 g/mol. The van der Waals surface area contributed by atoms with E-state index in [4.69, 9.17) is 19.0 Å². The molecule has 3 heterocycles. The van der Waals surface area contributed by atoms with Gasteiger partial charge in [-0.15, -0.1) is 0 Å². The number of carbonyl (C=O) groups is 1. The topological polar surface area (TPSA) is 137 Å². The fourth-order valence-electron chi connectivity index (χ4n) is 3.57. The second kappa shape index (κ2) is 12.0. The standard InChI is InChI=1S/C22H28N4O7S2/c1-30-14-18-12-23-22(34-18)24-21(27)20(25-33-17-8-11-32-13-17)15-2-4-19(5-3-15)35(28,29)26-16-6-9-31-10-7-16/h2-5,12,16-17,26H,6-11,13-14H2,1H3,(H,23,24,27)/b25-20+/t17-/m1/s1. The number of hydrogen-bond donors (Lipinski definition) is 2. The molecule has 2 fully saturated rings. The summed E-state index contributed by atoms with van der Waals surface area (Å²) in [6.07, 6.45) is 3.28. The molecule has 1 aromatic heterocycles. The smallest absolute Gasteiger partial charge is 0.280 e. The Kier molecular flexibility index (Phi) is 8.81. The molecule has 2 aromatic rings. The summed E-state index contributed by atoms with van der Waals surface area (Å²) in [4.78, 5) is 23.7. The highest BCUT2D eigenvalue weighted by Gasteiger charge is 2.24. The Balaban J connectivity index is 1.51. The summed E-state index contributed by atoms with van der Waals surface area (Å²) in [5.74, 6) is -0.529. The average Bonchev–Trinajstić information content (AvgIpc) is 3.52. The van der Waals surface area contributed by atoms with Gasteiger partial charge in [-0.2, -0.15) is 0 Å². The number of sulfonamides is 1. The van der Waals surface area contributed by atoms with Crippen LogP contribution >= 0.6 is 11.3 Å². The third-order valence-corrected chi connectivity index (χ3v) is 7.86. The van der Waals surface area contributed by atoms with Crippen molar-refractivity contribution in [2.45, 2.75) is 42.9 Å². The van der Waals surface area contributed by atoms with Crippen LogP contribution in [-0.2, 0) is 40.5 Å². The molecule has 2 aliphatic heterocycles. The summed E-state index contributed by atoms with van der Waals surface area (Å²) in [6.45, 7) is 2.39. The van der Waals surface area contributed by atoms with E-state index in [-0.39, 0.29) is 22.8 Å². The lowest BCUT2D eigenvalue weighted by Gasteiger charge is -2.23. The monoisotopic (exact) mass is 524 g/mol. The molecule has 0 spiro atoms. The highest BCUT2D eigenvalue weighted by Crippen LogP contribution is 2.20. The van der Waals surface area contributed by atoms with Crippen molar-refractivity contribution in [2.24, 2.45) is 5.16 Å². The van der Waals surface area contributed by atoms with Crippen LogP contribution in [0.25, 0.3) is 0 Å². The van der Waals surface area contributed by atoms with Gasteiger partial charge >= 0.3 is 0 Å². The van der Waals surface area contributed by atoms with Crippen LogP contribution in [0.4, 0.5) is 5.13 Å². The Morgan fingerprint density at radius 3 is 2.60 bits per heavy atom. The number of ether oxygens (including phenoxy) is 3. The highest BCUT2D eigenvalue weighted by molar-refractivity contribution is 7.89. The average molecular weight is 525 g/mol. The summed E-state index contributed by atoms with van der Waals surface area (Å²) >= 11 is 1.28. The zero-order chi connectivity index (χ0) is 24.7. The summed E-state index contributed by atoms with van der Waals surface area (Å²) in [5, 5.41) is 7.21. The van der Waals surface area contributed by atoms with Crippen LogP contribution in [0.2, 0.25) is 0 Å². The van der Waals surface area contributed by atoms with Crippen LogP contribution in [0.1, 0.15) is 29.7 Å². The van der Waals surface area contributed by atoms with Crippen molar-refractivity contribution in [1.29, 1.82) is 0 Å². The zero-order valence-electron chi connectivity index (χ0n) is 19.3. The minimum absolute atomic E-state index is 0.00160. The third kappa shape index (κ3) is 7.06. The van der Waals surface area contributed by atoms with Gasteiger partial charge in [0.25, 0.3) is 5.91 Å². The molecule has 4 rings (SSSR count). The van der Waals surface area contributed by atoms with Gasteiger partial charge in [-0.25, -0.2) is 18.1 Å². The van der Waals surface area contributed by atoms with Gasteiger partial charge in [0.05, 0.1) is 29.6 Å². The number of oxime groups is 1. The summed E-state index contributed by atoms with van der Waals surface area (Å²) in [5.41, 5.74) is 0.404. The first-order chi connectivity index (χ1) is 16.9. The Morgan fingerprint density at radius 2 is 1.91 bits per heavy atom. The van der Waals surface area contributed by atoms with Crippen molar-refractivity contribution in [3.63, 3.8) is 0 Å². The molecule has 2 aliphatic rings. The lowest BCUT2D eigenvalue weighted by Crippen LogP contribution is -2.38. The van der Waals surface area contributed by atoms with E-state index in [9.17, 15) is 13.2 Å². The van der Waals surface area contributed by atoms with Crippen molar-refractivity contribution in [3.05, 3.63) is 40.9 Å². The second-order valence-electron chi connectivity index (χ2n) is 8.08. The maximum absolute atomic E-state index is 13.1. The first kappa shape index (κ1) is 25.7. The minimum Gasteiger partial charge on any atom is -0.389 e. The number of aromatic nitrogens is 1. The van der Waals surface area contributed by atoms with Gasteiger partial charge in [-0.1, -0.05) is 28.6 Å². The van der Waals surface area contributed by atoms with Crippen molar-refractivity contribution in [1.82, 2.24) is 9.71 Å². The van der Waals surface area contributed by atoms with Crippen molar-refractivity contribution < 1.29 is 32.3 Å². The van der Waals surface area contributed by atoms with E-state index in [0.717, 1.165) is 4.88 Å². The van der Waals surface area contributed by atoms with Crippen LogP contribution in [-0.4, -0.2) is 70.7 Å². The van der Waals surface area contributed by atoms with E-state index < -0.39 is 15.9 Å². The predicted octanol–water partition coefficient (Wildman–Crippen LogP) is 1.90. The van der Waals surface area contributed by atoms with E-state index in [0.29, 0.717) is 63.0 Å². The van der Waals surface area contributed by atoms with Gasteiger partial charge in [0.1, 0.15) is 0 Å². The number of rotatable bonds is 10. The summed E-state index contributed by atoms with van der Waals surface area (Å²) < 4.78 is 44.0. The number of nitrogens with zero attached hydrogens (tertiary/aromatic N) is 2. The number of thiazole rings is 1. The van der Waals surface area contributed by atoms with Gasteiger partial charge in [-0.05, 0) is 25.0 Å². The predicted molar refractivity (Wildman–Crippen MR) is 129 cm³/mol. The van der Waals surface area contributed by atoms with Crippen LogP contribution < -0.4 is 10.0 Å². The fourth-order valence-corrected chi connectivity index (χ4v) is 5.66. The number of carbonyl (C=O) groups excluding carboxylic acids is 1. The number of nitrogens with one attached hydrogen (secondary N) is 2. The molecule has 0 saturated carbocycles. The SMILES string of the molecule is COCc1cnc(NC(=O)/C(=N/O[C@@H]2CCOC2)c2ccc(S(=O)(=O)NC3CCOCC3)cc2)s1. The van der Waals surface area contributed by atoms with E-state index in [1.165, 1.54) is 35.6 Å². The van der Waals surface area contributed by atoms with E-state index in [1.807, 2.05) is 0 Å². The van der Waals surface area contributed by atoms with Crippen LogP contribution in [0.5, 0.6) is 0 Å². The Labute approximate surface area is 207 Å². The molecule has 0 unspecified atom stereocenters. The van der Waals surface area contributed by atoms with E-state index in [1.54, 1.807) is 13.3 Å². The highest BCUT2D eigenvalue weighted by atomic mass is 32.2. The van der Waals surface area contributed by atoms with Crippen LogP contribution in [0.15, 0.2) is 40.5 Å². The van der Waals surface area contributed by atoms with Crippen LogP contribution in [0.3, 0.4) is 0 Å². The van der Waals surface area contributed by atoms with Gasteiger partial charge in [-0.3, -0.25) is 10.1 Å². The minimum atomic E-state index is -3.71. The first-order valence-electron chi connectivity index (χ1n) is 11.2. The summed E-state index contributed by atoms with van der Waals surface area (Å²) in [7, 11) is -2.13. The molecule has 11 nitrogen and oxygen atoms in total. The van der Waals surface area contributed by atoms with Gasteiger partial charge in [0.2, 0.25) is 10.0 Å². The Bertz CT molecular complexity index is 1120. The number of hydrogen-bond acceptors (Lipinski definition) is 10. The van der Waals surface area contributed by atoms with Crippen molar-refractivity contribution >= 4 is 38.1 Å². The molecule has 1 amide bonds. The lowest BCUT2D eigenvalue weighted by atomic mass is 10.1. The molecule has 0 bridgehead atoms. The van der Waals surface area contributed by atoms with Gasteiger partial charge in [0.15, 0.2) is 16.9 Å². The molecule has 35 heavy (non-hydrogen) atoms. The number of methoxy groups -OCH3 is 1. The molecule has 2 N–H and O–H groups in total. The maximum atomic E-state index is 13.1. The fraction of sp³-hybridized carbons (Fsp3) is 0.500. The van der Waals surface area contributed by atoms with E-state index in [2.05, 4.69) is 20.2 Å². The maximum Gasteiger partial charge on any atom is 0.280 e. The molecule has 1 aromatic carbocycles. The quantitative estimate of drug-likeness (QED) is 0.355. The number of benzene rings is 1. The van der Waals surface area contributed by atoms with Crippen molar-refractivity contribution in [2.75, 3.05) is 38.9 Å². The molecule has 190 valence electrons. The van der Waals surface area contributed by atoms with Crippen LogP contribution in [0, 0.1) is 0 Å². The first-order valence-corrected chi connectivity index (χ1v) is 13.5. The van der Waals surface area contributed by atoms with Gasteiger partial charge in [0, 0.05) is 44.5 Å². The molecule has 0 aliphatic carbocycles. The van der Waals surface area contributed by atoms with E-state index >= 15 is 0 Å². The molecule has 2 saturated heterocycles. The number of anilines is 1. The Hall–Kier alpha value is -2.42. The largest absolute Gasteiger partial charge is 0.389 e. The van der Waals surface area contributed by atoms with Crippen molar-refractivity contribution in [3.8, 4) is 0 Å².